The summed E-state index contributed by atoms with van der Waals surface area (Å²) in [4.78, 5) is 9.11. The quantitative estimate of drug-likeness (QED) is 0.796. The highest BCUT2D eigenvalue weighted by Crippen LogP contribution is 2.33. The van der Waals surface area contributed by atoms with E-state index in [1.165, 1.54) is 11.5 Å². The molecule has 0 aliphatic carbocycles. The molecule has 0 unspecified atom stereocenters. The van der Waals surface area contributed by atoms with E-state index in [-0.39, 0.29) is 0 Å². The van der Waals surface area contributed by atoms with E-state index in [1.54, 1.807) is 6.20 Å². The molecule has 5 nitrogen and oxygen atoms in total. The van der Waals surface area contributed by atoms with Gasteiger partial charge in [-0.3, -0.25) is 0 Å². The lowest BCUT2D eigenvalue weighted by Gasteiger charge is -2.06. The van der Waals surface area contributed by atoms with E-state index in [2.05, 4.69) is 25.8 Å². The molecule has 0 aliphatic rings. The van der Waals surface area contributed by atoms with Gasteiger partial charge in [0.15, 0.2) is 5.65 Å². The van der Waals surface area contributed by atoms with Crippen molar-refractivity contribution in [2.75, 3.05) is 5.73 Å². The van der Waals surface area contributed by atoms with Crippen molar-refractivity contribution in [2.24, 2.45) is 0 Å². The van der Waals surface area contributed by atoms with Crippen molar-refractivity contribution >= 4 is 27.7 Å². The van der Waals surface area contributed by atoms with E-state index in [0.29, 0.717) is 5.00 Å². The van der Waals surface area contributed by atoms with Gasteiger partial charge in [-0.2, -0.15) is 4.37 Å². The maximum Gasteiger partial charge on any atom is 0.160 e. The van der Waals surface area contributed by atoms with Gasteiger partial charge in [-0.05, 0) is 37.0 Å². The van der Waals surface area contributed by atoms with Crippen molar-refractivity contribution in [3.63, 3.8) is 0 Å². The van der Waals surface area contributed by atoms with E-state index in [1.807, 2.05) is 19.1 Å². The van der Waals surface area contributed by atoms with Crippen LogP contribution in [0.1, 0.15) is 19.0 Å². The SMILES string of the molecule is CCCn1c(-c2c(C)nsc2N)nc2cccnc21. The topological polar surface area (TPSA) is 69.6 Å². The molecule has 19 heavy (non-hydrogen) atoms. The molecule has 0 aliphatic heterocycles. The van der Waals surface area contributed by atoms with Crippen LogP contribution < -0.4 is 5.73 Å². The van der Waals surface area contributed by atoms with Crippen molar-refractivity contribution in [1.29, 1.82) is 0 Å². The number of nitrogen functional groups attached to an aromatic ring is 1. The number of aromatic nitrogens is 4. The Labute approximate surface area is 115 Å². The van der Waals surface area contributed by atoms with Gasteiger partial charge >= 0.3 is 0 Å². The molecule has 0 spiro atoms. The fourth-order valence-corrected chi connectivity index (χ4v) is 2.90. The summed E-state index contributed by atoms with van der Waals surface area (Å²) >= 11 is 1.32. The van der Waals surface area contributed by atoms with Crippen LogP contribution in [0.2, 0.25) is 0 Å². The summed E-state index contributed by atoms with van der Waals surface area (Å²) in [5.41, 5.74) is 9.72. The second kappa shape index (κ2) is 4.62. The maximum absolute atomic E-state index is 6.04. The first-order valence-electron chi connectivity index (χ1n) is 6.25. The molecule has 3 heterocycles. The molecule has 0 bridgehead atoms. The Hall–Kier alpha value is -1.95. The maximum atomic E-state index is 6.04. The lowest BCUT2D eigenvalue weighted by atomic mass is 10.2. The first kappa shape index (κ1) is 12.1. The van der Waals surface area contributed by atoms with Gasteiger partial charge < -0.3 is 10.3 Å². The zero-order valence-corrected chi connectivity index (χ0v) is 11.7. The van der Waals surface area contributed by atoms with Crippen LogP contribution in [-0.2, 0) is 6.54 Å². The van der Waals surface area contributed by atoms with Crippen molar-refractivity contribution in [1.82, 2.24) is 18.9 Å². The summed E-state index contributed by atoms with van der Waals surface area (Å²) in [5.74, 6) is 0.874. The molecule has 0 saturated carbocycles. The van der Waals surface area contributed by atoms with E-state index in [4.69, 9.17) is 5.73 Å². The van der Waals surface area contributed by atoms with E-state index in [9.17, 15) is 0 Å². The van der Waals surface area contributed by atoms with Gasteiger partial charge in [-0.25, -0.2) is 9.97 Å². The van der Waals surface area contributed by atoms with Gasteiger partial charge in [0.25, 0.3) is 0 Å². The highest BCUT2D eigenvalue weighted by molar-refractivity contribution is 7.10. The van der Waals surface area contributed by atoms with Crippen molar-refractivity contribution in [3.05, 3.63) is 24.0 Å². The molecule has 0 amide bonds. The van der Waals surface area contributed by atoms with Crippen LogP contribution in [0, 0.1) is 6.92 Å². The smallest absolute Gasteiger partial charge is 0.160 e. The van der Waals surface area contributed by atoms with Gasteiger partial charge in [0, 0.05) is 12.7 Å². The van der Waals surface area contributed by atoms with Crippen LogP contribution in [0.3, 0.4) is 0 Å². The Bertz CT molecular complexity index is 708. The van der Waals surface area contributed by atoms with Crippen LogP contribution in [0.15, 0.2) is 18.3 Å². The first-order valence-corrected chi connectivity index (χ1v) is 7.03. The summed E-state index contributed by atoms with van der Waals surface area (Å²) in [6.07, 6.45) is 2.81. The molecule has 0 fully saturated rings. The molecule has 3 aromatic rings. The second-order valence-corrected chi connectivity index (χ2v) is 5.25. The molecule has 3 rings (SSSR count). The third-order valence-electron chi connectivity index (χ3n) is 3.06. The molecule has 2 N–H and O–H groups in total. The normalized spacial score (nSPS) is 11.3. The van der Waals surface area contributed by atoms with Crippen molar-refractivity contribution in [2.45, 2.75) is 26.8 Å². The van der Waals surface area contributed by atoms with Gasteiger partial charge in [0.05, 0.1) is 11.3 Å². The molecule has 0 atom stereocenters. The standard InChI is InChI=1S/C13H15N5S/c1-3-7-18-12-9(5-4-6-15-12)16-13(18)10-8(2)17-19-11(10)14/h4-6H,3,7,14H2,1-2H3. The summed E-state index contributed by atoms with van der Waals surface area (Å²) in [6.45, 7) is 4.98. The highest BCUT2D eigenvalue weighted by atomic mass is 32.1. The number of fused-ring (bicyclic) bond motifs is 1. The Morgan fingerprint density at radius 3 is 2.95 bits per heavy atom. The highest BCUT2D eigenvalue weighted by Gasteiger charge is 2.19. The number of nitrogens with two attached hydrogens (primary N) is 1. The Morgan fingerprint density at radius 1 is 1.42 bits per heavy atom. The monoisotopic (exact) mass is 273 g/mol. The van der Waals surface area contributed by atoms with Gasteiger partial charge in [0.1, 0.15) is 16.3 Å². The largest absolute Gasteiger partial charge is 0.389 e. The molecule has 6 heteroatoms. The Kier molecular flexibility index (Phi) is 2.94. The van der Waals surface area contributed by atoms with E-state index >= 15 is 0 Å². The fourth-order valence-electron chi connectivity index (χ4n) is 2.24. The van der Waals surface area contributed by atoms with Gasteiger partial charge in [0.2, 0.25) is 0 Å². The van der Waals surface area contributed by atoms with Crippen LogP contribution >= 0.6 is 11.5 Å². The Balaban J connectivity index is 2.31. The van der Waals surface area contributed by atoms with E-state index < -0.39 is 0 Å². The minimum Gasteiger partial charge on any atom is -0.389 e. The lowest BCUT2D eigenvalue weighted by Crippen LogP contribution is -2.02. The lowest BCUT2D eigenvalue weighted by molar-refractivity contribution is 0.698. The van der Waals surface area contributed by atoms with Crippen LogP contribution in [-0.4, -0.2) is 18.9 Å². The summed E-state index contributed by atoms with van der Waals surface area (Å²) in [5, 5.41) is 0.713. The summed E-state index contributed by atoms with van der Waals surface area (Å²) in [7, 11) is 0. The predicted molar refractivity (Wildman–Crippen MR) is 78.1 cm³/mol. The van der Waals surface area contributed by atoms with E-state index in [0.717, 1.165) is 41.2 Å². The average Bonchev–Trinajstić information content (AvgIpc) is 2.92. The number of hydrogen-bond acceptors (Lipinski definition) is 5. The second-order valence-electron chi connectivity index (χ2n) is 4.44. The number of pyridine rings is 1. The summed E-state index contributed by atoms with van der Waals surface area (Å²) in [6, 6.07) is 3.88. The number of aryl methyl sites for hydroxylation is 2. The minimum absolute atomic E-state index is 0.713. The third kappa shape index (κ3) is 1.88. The van der Waals surface area contributed by atoms with Crippen molar-refractivity contribution < 1.29 is 0 Å². The Morgan fingerprint density at radius 2 is 2.26 bits per heavy atom. The summed E-state index contributed by atoms with van der Waals surface area (Å²) < 4.78 is 6.43. The van der Waals surface area contributed by atoms with Gasteiger partial charge in [-0.1, -0.05) is 6.92 Å². The molecule has 98 valence electrons. The molecule has 0 aromatic carbocycles. The minimum atomic E-state index is 0.713. The number of nitrogens with zero attached hydrogens (tertiary/aromatic N) is 4. The zero-order chi connectivity index (χ0) is 13.4. The van der Waals surface area contributed by atoms with Crippen molar-refractivity contribution in [3.8, 4) is 11.4 Å². The molecular formula is C13H15N5S. The number of imidazole rings is 1. The average molecular weight is 273 g/mol. The zero-order valence-electron chi connectivity index (χ0n) is 10.9. The molecular weight excluding hydrogens is 258 g/mol. The number of hydrogen-bond donors (Lipinski definition) is 1. The molecule has 0 saturated heterocycles. The van der Waals surface area contributed by atoms with Crippen LogP contribution in [0.5, 0.6) is 0 Å². The number of rotatable bonds is 3. The first-order chi connectivity index (χ1) is 9.22. The predicted octanol–water partition coefficient (Wildman–Crippen LogP) is 2.86. The number of anilines is 1. The molecule has 0 radical (unpaired) electrons. The fraction of sp³-hybridized carbons (Fsp3) is 0.308. The van der Waals surface area contributed by atoms with Gasteiger partial charge in [-0.15, -0.1) is 0 Å². The third-order valence-corrected chi connectivity index (χ3v) is 3.83. The van der Waals surface area contributed by atoms with Crippen LogP contribution in [0.4, 0.5) is 5.00 Å². The van der Waals surface area contributed by atoms with Crippen LogP contribution in [0.25, 0.3) is 22.6 Å². The molecule has 3 aromatic heterocycles.